The van der Waals surface area contributed by atoms with Gasteiger partial charge in [0.1, 0.15) is 18.1 Å². The van der Waals surface area contributed by atoms with Crippen LogP contribution in [0.5, 0.6) is 11.5 Å². The SMILES string of the molecule is Cc1cc(C(=O)O)c(COc2ccc(Cl)cc2)c(C(=O)Oc2ccccc2)c1. The molecule has 3 aromatic rings. The molecule has 0 fully saturated rings. The van der Waals surface area contributed by atoms with E-state index in [1.165, 1.54) is 6.07 Å². The highest BCUT2D eigenvalue weighted by Gasteiger charge is 2.22. The molecular formula is C22H17ClO5. The third kappa shape index (κ3) is 4.69. The van der Waals surface area contributed by atoms with Crippen LogP contribution >= 0.6 is 11.6 Å². The van der Waals surface area contributed by atoms with Gasteiger partial charge in [0.2, 0.25) is 0 Å². The van der Waals surface area contributed by atoms with Crippen molar-refractivity contribution in [3.63, 3.8) is 0 Å². The maximum Gasteiger partial charge on any atom is 0.343 e. The quantitative estimate of drug-likeness (QED) is 0.461. The predicted octanol–water partition coefficient (Wildman–Crippen LogP) is 5.14. The van der Waals surface area contributed by atoms with Gasteiger partial charge in [0, 0.05) is 10.6 Å². The number of ether oxygens (including phenoxy) is 2. The molecule has 0 unspecified atom stereocenters. The summed E-state index contributed by atoms with van der Waals surface area (Å²) in [6.45, 7) is 1.61. The Morgan fingerprint density at radius 3 is 2.21 bits per heavy atom. The highest BCUT2D eigenvalue weighted by molar-refractivity contribution is 6.30. The average Bonchev–Trinajstić information content (AvgIpc) is 2.68. The molecule has 0 saturated carbocycles. The summed E-state index contributed by atoms with van der Waals surface area (Å²) in [7, 11) is 0. The van der Waals surface area contributed by atoms with Gasteiger partial charge in [-0.2, -0.15) is 0 Å². The van der Waals surface area contributed by atoms with Gasteiger partial charge in [0.25, 0.3) is 0 Å². The van der Waals surface area contributed by atoms with E-state index in [0.29, 0.717) is 22.1 Å². The second-order valence-electron chi connectivity index (χ2n) is 6.09. The first-order chi connectivity index (χ1) is 13.4. The van der Waals surface area contributed by atoms with E-state index in [0.717, 1.165) is 0 Å². The van der Waals surface area contributed by atoms with Gasteiger partial charge < -0.3 is 14.6 Å². The van der Waals surface area contributed by atoms with Crippen molar-refractivity contribution in [1.29, 1.82) is 0 Å². The van der Waals surface area contributed by atoms with E-state index < -0.39 is 11.9 Å². The molecule has 5 nitrogen and oxygen atoms in total. The minimum absolute atomic E-state index is 0.00558. The number of esters is 1. The number of aryl methyl sites for hydroxylation is 1. The molecule has 0 atom stereocenters. The van der Waals surface area contributed by atoms with Crippen molar-refractivity contribution in [2.75, 3.05) is 0 Å². The minimum atomic E-state index is -1.15. The van der Waals surface area contributed by atoms with Crippen molar-refractivity contribution >= 4 is 23.5 Å². The lowest BCUT2D eigenvalue weighted by atomic mass is 9.98. The Balaban J connectivity index is 1.94. The largest absolute Gasteiger partial charge is 0.489 e. The maximum atomic E-state index is 12.7. The Labute approximate surface area is 167 Å². The van der Waals surface area contributed by atoms with Crippen LogP contribution < -0.4 is 9.47 Å². The number of carboxylic acid groups (broad SMARTS) is 1. The van der Waals surface area contributed by atoms with E-state index >= 15 is 0 Å². The number of carboxylic acids is 1. The van der Waals surface area contributed by atoms with Crippen molar-refractivity contribution in [2.45, 2.75) is 13.5 Å². The van der Waals surface area contributed by atoms with E-state index in [9.17, 15) is 14.7 Å². The van der Waals surface area contributed by atoms with Crippen LogP contribution in [-0.2, 0) is 6.61 Å². The summed E-state index contributed by atoms with van der Waals surface area (Å²) >= 11 is 5.86. The van der Waals surface area contributed by atoms with Crippen LogP contribution in [0.3, 0.4) is 0 Å². The molecule has 0 amide bonds. The van der Waals surface area contributed by atoms with Crippen LogP contribution in [0, 0.1) is 6.92 Å². The molecule has 0 aliphatic heterocycles. The van der Waals surface area contributed by atoms with Crippen LogP contribution in [0.2, 0.25) is 5.02 Å². The van der Waals surface area contributed by atoms with Crippen molar-refractivity contribution in [2.24, 2.45) is 0 Å². The Kier molecular flexibility index (Phi) is 5.96. The Hall–Kier alpha value is -3.31. The molecule has 0 saturated heterocycles. The molecule has 0 aromatic heterocycles. The molecule has 0 bridgehead atoms. The first kappa shape index (κ1) is 19.5. The van der Waals surface area contributed by atoms with E-state index in [4.69, 9.17) is 21.1 Å². The summed E-state index contributed by atoms with van der Waals surface area (Å²) in [6, 6.07) is 18.3. The normalized spacial score (nSPS) is 10.4. The zero-order valence-corrected chi connectivity index (χ0v) is 15.8. The van der Waals surface area contributed by atoms with Gasteiger partial charge in [-0.3, -0.25) is 0 Å². The topological polar surface area (TPSA) is 72.8 Å². The van der Waals surface area contributed by atoms with E-state index in [1.807, 2.05) is 0 Å². The third-order valence-electron chi connectivity index (χ3n) is 4.00. The fraction of sp³-hybridized carbons (Fsp3) is 0.0909. The highest BCUT2D eigenvalue weighted by atomic mass is 35.5. The van der Waals surface area contributed by atoms with Crippen LogP contribution in [0.15, 0.2) is 66.7 Å². The van der Waals surface area contributed by atoms with Gasteiger partial charge in [0.15, 0.2) is 0 Å². The Morgan fingerprint density at radius 2 is 1.57 bits per heavy atom. The molecular weight excluding hydrogens is 380 g/mol. The number of halogens is 1. The number of rotatable bonds is 6. The Bertz CT molecular complexity index is 997. The summed E-state index contributed by atoms with van der Waals surface area (Å²) in [6.07, 6.45) is 0. The number of hydrogen-bond acceptors (Lipinski definition) is 4. The zero-order chi connectivity index (χ0) is 20.1. The summed E-state index contributed by atoms with van der Waals surface area (Å²) in [5.41, 5.74) is 1.02. The second kappa shape index (κ2) is 8.59. The molecule has 3 rings (SSSR count). The second-order valence-corrected chi connectivity index (χ2v) is 6.53. The standard InChI is InChI=1S/C22H17ClO5/c1-14-11-18(21(24)25)20(13-27-16-9-7-15(23)8-10-16)19(12-14)22(26)28-17-5-3-2-4-6-17/h2-12H,13H2,1H3,(H,24,25). The molecule has 6 heteroatoms. The van der Waals surface area contributed by atoms with Crippen molar-refractivity contribution in [1.82, 2.24) is 0 Å². The number of carbonyl (C=O) groups is 2. The monoisotopic (exact) mass is 396 g/mol. The minimum Gasteiger partial charge on any atom is -0.489 e. The third-order valence-corrected chi connectivity index (χ3v) is 4.25. The van der Waals surface area contributed by atoms with E-state index in [2.05, 4.69) is 0 Å². The lowest BCUT2D eigenvalue weighted by molar-refractivity contribution is 0.0693. The molecule has 0 radical (unpaired) electrons. The van der Waals surface area contributed by atoms with Gasteiger partial charge in [-0.05, 0) is 61.0 Å². The smallest absolute Gasteiger partial charge is 0.343 e. The molecule has 0 aliphatic carbocycles. The number of benzene rings is 3. The molecule has 142 valence electrons. The lowest BCUT2D eigenvalue weighted by Gasteiger charge is -2.15. The highest BCUT2D eigenvalue weighted by Crippen LogP contribution is 2.24. The van der Waals surface area contributed by atoms with Gasteiger partial charge in [0.05, 0.1) is 11.1 Å². The van der Waals surface area contributed by atoms with Gasteiger partial charge >= 0.3 is 11.9 Å². The molecule has 0 spiro atoms. The average molecular weight is 397 g/mol. The summed E-state index contributed by atoms with van der Waals surface area (Å²) in [5.74, 6) is -0.918. The van der Waals surface area contributed by atoms with Crippen LogP contribution in [0.1, 0.15) is 31.8 Å². The molecule has 1 N–H and O–H groups in total. The number of hydrogen-bond donors (Lipinski definition) is 1. The van der Waals surface area contributed by atoms with Crippen molar-refractivity contribution < 1.29 is 24.2 Å². The van der Waals surface area contributed by atoms with E-state index in [1.54, 1.807) is 67.6 Å². The zero-order valence-electron chi connectivity index (χ0n) is 15.0. The fourth-order valence-corrected chi connectivity index (χ4v) is 2.81. The number of aromatic carboxylic acids is 1. The van der Waals surface area contributed by atoms with Crippen LogP contribution in [0.25, 0.3) is 0 Å². The van der Waals surface area contributed by atoms with Gasteiger partial charge in [-0.1, -0.05) is 29.8 Å². The maximum absolute atomic E-state index is 12.7. The summed E-state index contributed by atoms with van der Waals surface area (Å²) in [5, 5.41) is 10.2. The van der Waals surface area contributed by atoms with Gasteiger partial charge in [-0.15, -0.1) is 0 Å². The molecule has 28 heavy (non-hydrogen) atoms. The number of carbonyl (C=O) groups excluding carboxylic acids is 1. The van der Waals surface area contributed by atoms with Crippen molar-refractivity contribution in [3.05, 3.63) is 94.0 Å². The first-order valence-corrected chi connectivity index (χ1v) is 8.84. The van der Waals surface area contributed by atoms with Crippen LogP contribution in [-0.4, -0.2) is 17.0 Å². The lowest BCUT2D eigenvalue weighted by Crippen LogP contribution is -2.17. The van der Waals surface area contributed by atoms with Crippen molar-refractivity contribution in [3.8, 4) is 11.5 Å². The predicted molar refractivity (Wildman–Crippen MR) is 105 cm³/mol. The molecule has 0 aliphatic rings. The summed E-state index contributed by atoms with van der Waals surface area (Å²) in [4.78, 5) is 24.5. The summed E-state index contributed by atoms with van der Waals surface area (Å²) < 4.78 is 11.1. The van der Waals surface area contributed by atoms with Gasteiger partial charge in [-0.25, -0.2) is 9.59 Å². The number of para-hydroxylation sites is 1. The van der Waals surface area contributed by atoms with E-state index in [-0.39, 0.29) is 23.3 Å². The fourth-order valence-electron chi connectivity index (χ4n) is 2.68. The van der Waals surface area contributed by atoms with Crippen LogP contribution in [0.4, 0.5) is 0 Å². The molecule has 0 heterocycles. The first-order valence-electron chi connectivity index (χ1n) is 8.46. The Morgan fingerprint density at radius 1 is 0.929 bits per heavy atom. The molecule has 3 aromatic carbocycles.